The van der Waals surface area contributed by atoms with E-state index >= 15 is 0 Å². The summed E-state index contributed by atoms with van der Waals surface area (Å²) in [6.45, 7) is 0.647. The first-order valence-corrected chi connectivity index (χ1v) is 6.04. The molecule has 0 spiro atoms. The number of pyridine rings is 1. The first kappa shape index (κ1) is 12.5. The fourth-order valence-corrected chi connectivity index (χ4v) is 2.19. The van der Waals surface area contributed by atoms with Crippen molar-refractivity contribution in [1.82, 2.24) is 9.88 Å². The van der Waals surface area contributed by atoms with Gasteiger partial charge in [-0.1, -0.05) is 0 Å². The van der Waals surface area contributed by atoms with Gasteiger partial charge in [0.2, 0.25) is 0 Å². The summed E-state index contributed by atoms with van der Waals surface area (Å²) in [5, 5.41) is 18.0. The number of carbonyl (C=O) groups is 1. The second-order valence-corrected chi connectivity index (χ2v) is 4.37. The Morgan fingerprint density at radius 2 is 2.39 bits per heavy atom. The molecule has 5 heteroatoms. The number of hydrogen-bond donors (Lipinski definition) is 1. The van der Waals surface area contributed by atoms with E-state index in [1.54, 1.807) is 17.0 Å². The average molecular weight is 245 g/mol. The molecule has 1 unspecified atom stereocenters. The van der Waals surface area contributed by atoms with Crippen LogP contribution in [0, 0.1) is 11.3 Å². The van der Waals surface area contributed by atoms with Crippen molar-refractivity contribution >= 4 is 5.91 Å². The Labute approximate surface area is 106 Å². The van der Waals surface area contributed by atoms with Crippen molar-refractivity contribution in [1.29, 1.82) is 5.26 Å². The number of hydrogen-bond acceptors (Lipinski definition) is 4. The fraction of sp³-hybridized carbons (Fsp3) is 0.462. The number of piperidine rings is 1. The number of aliphatic hydroxyl groups is 1. The molecule has 1 amide bonds. The maximum atomic E-state index is 12.2. The molecule has 5 nitrogen and oxygen atoms in total. The second kappa shape index (κ2) is 5.61. The summed E-state index contributed by atoms with van der Waals surface area (Å²) in [6, 6.07) is 5.00. The lowest BCUT2D eigenvalue weighted by molar-refractivity contribution is 0.0497. The van der Waals surface area contributed by atoms with E-state index in [0.717, 1.165) is 19.3 Å². The van der Waals surface area contributed by atoms with E-state index in [9.17, 15) is 9.90 Å². The number of rotatable bonds is 2. The quantitative estimate of drug-likeness (QED) is 0.841. The van der Waals surface area contributed by atoms with E-state index in [1.807, 2.05) is 6.07 Å². The van der Waals surface area contributed by atoms with Crippen LogP contribution in [0.2, 0.25) is 0 Å². The number of nitriles is 1. The summed E-state index contributed by atoms with van der Waals surface area (Å²) >= 11 is 0. The molecule has 1 aliphatic heterocycles. The molecule has 94 valence electrons. The molecule has 1 aliphatic rings. The maximum absolute atomic E-state index is 12.2. The van der Waals surface area contributed by atoms with E-state index in [1.165, 1.54) is 6.20 Å². The lowest BCUT2D eigenvalue weighted by Crippen LogP contribution is -2.45. The summed E-state index contributed by atoms with van der Waals surface area (Å²) in [5.41, 5.74) is 0.762. The Balaban J connectivity index is 2.16. The third-order valence-corrected chi connectivity index (χ3v) is 3.21. The average Bonchev–Trinajstić information content (AvgIpc) is 2.46. The molecule has 0 aliphatic carbocycles. The molecule has 1 aromatic rings. The monoisotopic (exact) mass is 245 g/mol. The highest BCUT2D eigenvalue weighted by atomic mass is 16.3. The number of likely N-dealkylation sites (tertiary alicyclic amines) is 1. The lowest BCUT2D eigenvalue weighted by atomic mass is 10.0. The van der Waals surface area contributed by atoms with Crippen LogP contribution in [0.4, 0.5) is 0 Å². The zero-order valence-corrected chi connectivity index (χ0v) is 10.0. The standard InChI is InChI=1S/C13H15N3O2/c14-7-10-4-5-12(15-8-10)13(18)16-6-2-1-3-11(16)9-17/h4-5,8,11,17H,1-3,6,9H2. The summed E-state index contributed by atoms with van der Waals surface area (Å²) < 4.78 is 0. The molecule has 1 atom stereocenters. The van der Waals surface area contributed by atoms with Crippen LogP contribution in [0.3, 0.4) is 0 Å². The van der Waals surface area contributed by atoms with Gasteiger partial charge >= 0.3 is 0 Å². The highest BCUT2D eigenvalue weighted by molar-refractivity contribution is 5.92. The number of carbonyl (C=O) groups excluding carboxylic acids is 1. The molecule has 1 N–H and O–H groups in total. The SMILES string of the molecule is N#Cc1ccc(C(=O)N2CCCCC2CO)nc1. The van der Waals surface area contributed by atoms with Crippen molar-refractivity contribution in [3.8, 4) is 6.07 Å². The van der Waals surface area contributed by atoms with Crippen LogP contribution in [-0.4, -0.2) is 40.1 Å². The normalized spacial score (nSPS) is 19.3. The Morgan fingerprint density at radius 1 is 1.56 bits per heavy atom. The van der Waals surface area contributed by atoms with Gasteiger partial charge in [0.1, 0.15) is 11.8 Å². The van der Waals surface area contributed by atoms with Crippen LogP contribution in [0.15, 0.2) is 18.3 Å². The molecule has 1 aromatic heterocycles. The Bertz CT molecular complexity index is 464. The summed E-state index contributed by atoms with van der Waals surface area (Å²) in [7, 11) is 0. The van der Waals surface area contributed by atoms with Gasteiger partial charge in [0.15, 0.2) is 0 Å². The molecule has 2 rings (SSSR count). The van der Waals surface area contributed by atoms with Crippen LogP contribution >= 0.6 is 0 Å². The molecule has 0 radical (unpaired) electrons. The largest absolute Gasteiger partial charge is 0.394 e. The van der Waals surface area contributed by atoms with E-state index < -0.39 is 0 Å². The molecular weight excluding hydrogens is 230 g/mol. The molecule has 1 fully saturated rings. The van der Waals surface area contributed by atoms with Gasteiger partial charge < -0.3 is 10.0 Å². The van der Waals surface area contributed by atoms with Crippen molar-refractivity contribution in [2.75, 3.05) is 13.2 Å². The van der Waals surface area contributed by atoms with Crippen molar-refractivity contribution in [2.45, 2.75) is 25.3 Å². The van der Waals surface area contributed by atoms with Gasteiger partial charge in [0.25, 0.3) is 5.91 Å². The van der Waals surface area contributed by atoms with E-state index in [0.29, 0.717) is 17.8 Å². The highest BCUT2D eigenvalue weighted by Gasteiger charge is 2.27. The predicted octanol–water partition coefficient (Wildman–Crippen LogP) is 0.940. The van der Waals surface area contributed by atoms with Gasteiger partial charge in [0.05, 0.1) is 18.2 Å². The highest BCUT2D eigenvalue weighted by Crippen LogP contribution is 2.18. The van der Waals surface area contributed by atoms with Crippen LogP contribution in [0.5, 0.6) is 0 Å². The Morgan fingerprint density at radius 3 is 3.00 bits per heavy atom. The van der Waals surface area contributed by atoms with Crippen molar-refractivity contribution in [2.24, 2.45) is 0 Å². The van der Waals surface area contributed by atoms with Crippen molar-refractivity contribution in [3.63, 3.8) is 0 Å². The maximum Gasteiger partial charge on any atom is 0.272 e. The molecule has 0 aromatic carbocycles. The van der Waals surface area contributed by atoms with Gasteiger partial charge in [-0.25, -0.2) is 4.98 Å². The van der Waals surface area contributed by atoms with Gasteiger partial charge in [0, 0.05) is 12.7 Å². The molecule has 18 heavy (non-hydrogen) atoms. The smallest absolute Gasteiger partial charge is 0.272 e. The number of aromatic nitrogens is 1. The zero-order valence-electron chi connectivity index (χ0n) is 10.0. The first-order valence-electron chi connectivity index (χ1n) is 6.04. The Hall–Kier alpha value is -1.93. The van der Waals surface area contributed by atoms with Gasteiger partial charge in [-0.3, -0.25) is 4.79 Å². The summed E-state index contributed by atoms with van der Waals surface area (Å²) in [5.74, 6) is -0.168. The third kappa shape index (κ3) is 2.49. The molecule has 2 heterocycles. The predicted molar refractivity (Wildman–Crippen MR) is 64.7 cm³/mol. The topological polar surface area (TPSA) is 77.2 Å². The van der Waals surface area contributed by atoms with E-state index in [-0.39, 0.29) is 18.6 Å². The van der Waals surface area contributed by atoms with Crippen LogP contribution < -0.4 is 0 Å². The minimum Gasteiger partial charge on any atom is -0.394 e. The van der Waals surface area contributed by atoms with Crippen LogP contribution in [-0.2, 0) is 0 Å². The van der Waals surface area contributed by atoms with Crippen molar-refractivity contribution < 1.29 is 9.90 Å². The fourth-order valence-electron chi connectivity index (χ4n) is 2.19. The van der Waals surface area contributed by atoms with Gasteiger partial charge in [-0.15, -0.1) is 0 Å². The number of aliphatic hydroxyl groups excluding tert-OH is 1. The molecule has 0 saturated carbocycles. The van der Waals surface area contributed by atoms with Gasteiger partial charge in [-0.05, 0) is 31.4 Å². The van der Waals surface area contributed by atoms with Crippen LogP contribution in [0.1, 0.15) is 35.3 Å². The van der Waals surface area contributed by atoms with E-state index in [4.69, 9.17) is 5.26 Å². The second-order valence-electron chi connectivity index (χ2n) is 4.37. The number of nitrogens with zero attached hydrogens (tertiary/aromatic N) is 3. The third-order valence-electron chi connectivity index (χ3n) is 3.21. The molecular formula is C13H15N3O2. The molecule has 0 bridgehead atoms. The summed E-state index contributed by atoms with van der Waals surface area (Å²) in [4.78, 5) is 17.9. The lowest BCUT2D eigenvalue weighted by Gasteiger charge is -2.34. The zero-order chi connectivity index (χ0) is 13.0. The first-order chi connectivity index (χ1) is 8.76. The number of amides is 1. The van der Waals surface area contributed by atoms with Gasteiger partial charge in [-0.2, -0.15) is 5.26 Å². The molecule has 1 saturated heterocycles. The minimum absolute atomic E-state index is 0.0119. The van der Waals surface area contributed by atoms with E-state index in [2.05, 4.69) is 4.98 Å². The Kier molecular flexibility index (Phi) is 3.90. The van der Waals surface area contributed by atoms with Crippen LogP contribution in [0.25, 0.3) is 0 Å². The summed E-state index contributed by atoms with van der Waals surface area (Å²) in [6.07, 6.45) is 4.22. The minimum atomic E-state index is -0.168. The van der Waals surface area contributed by atoms with Crippen molar-refractivity contribution in [3.05, 3.63) is 29.6 Å².